The molecular formula is C22H19Cl2F3N4O3. The van der Waals surface area contributed by atoms with E-state index in [9.17, 15) is 18.0 Å². The van der Waals surface area contributed by atoms with E-state index in [0.717, 1.165) is 10.9 Å². The van der Waals surface area contributed by atoms with E-state index >= 15 is 0 Å². The number of anilines is 2. The predicted octanol–water partition coefficient (Wildman–Crippen LogP) is 6.12. The second-order valence-electron chi connectivity index (χ2n) is 7.57. The van der Waals surface area contributed by atoms with Gasteiger partial charge < -0.3 is 20.1 Å². The molecule has 180 valence electrons. The molecule has 2 N–H and O–H groups in total. The fourth-order valence-corrected chi connectivity index (χ4v) is 4.37. The van der Waals surface area contributed by atoms with Gasteiger partial charge in [-0.2, -0.15) is 18.3 Å². The van der Waals surface area contributed by atoms with E-state index in [2.05, 4.69) is 15.7 Å². The Hall–Kier alpha value is -3.11. The lowest BCUT2D eigenvalue weighted by molar-refractivity contribution is -0.173. The highest BCUT2D eigenvalue weighted by molar-refractivity contribution is 6.35. The smallest absolute Gasteiger partial charge is 0.410 e. The van der Waals surface area contributed by atoms with E-state index < -0.39 is 24.2 Å². The molecule has 0 saturated carbocycles. The normalized spacial score (nSPS) is 17.5. The van der Waals surface area contributed by atoms with Crippen molar-refractivity contribution in [3.8, 4) is 11.5 Å². The van der Waals surface area contributed by atoms with Gasteiger partial charge in [-0.1, -0.05) is 29.3 Å². The summed E-state index contributed by atoms with van der Waals surface area (Å²) < 4.78 is 53.2. The van der Waals surface area contributed by atoms with Crippen LogP contribution in [0.4, 0.5) is 24.7 Å². The molecule has 2 aromatic carbocycles. The molecule has 3 aromatic rings. The number of amides is 1. The highest BCUT2D eigenvalue weighted by Crippen LogP contribution is 2.45. The van der Waals surface area contributed by atoms with Gasteiger partial charge in [0.2, 0.25) is 0 Å². The Kier molecular flexibility index (Phi) is 6.55. The summed E-state index contributed by atoms with van der Waals surface area (Å²) in [5.41, 5.74) is 0.768. The van der Waals surface area contributed by atoms with Gasteiger partial charge in [0.15, 0.2) is 17.5 Å². The average Bonchev–Trinajstić information content (AvgIpc) is 3.20. The molecule has 0 saturated heterocycles. The van der Waals surface area contributed by atoms with Gasteiger partial charge in [0, 0.05) is 22.2 Å². The third-order valence-corrected chi connectivity index (χ3v) is 5.85. The fraction of sp³-hybridized carbons (Fsp3) is 0.273. The van der Waals surface area contributed by atoms with Crippen LogP contribution in [0, 0.1) is 0 Å². The topological polar surface area (TPSA) is 77.4 Å². The highest BCUT2D eigenvalue weighted by atomic mass is 35.5. The number of fused-ring (bicyclic) bond motifs is 1. The number of methoxy groups -OCH3 is 2. The van der Waals surface area contributed by atoms with Gasteiger partial charge in [0.1, 0.15) is 11.4 Å². The molecule has 1 aromatic heterocycles. The first-order valence-electron chi connectivity index (χ1n) is 10.0. The zero-order chi connectivity index (χ0) is 24.6. The van der Waals surface area contributed by atoms with E-state index in [1.807, 2.05) is 0 Å². The minimum absolute atomic E-state index is 0.0565. The lowest BCUT2D eigenvalue weighted by atomic mass is 9.96. The second kappa shape index (κ2) is 9.27. The molecule has 2 atom stereocenters. The molecule has 0 fully saturated rings. The van der Waals surface area contributed by atoms with Crippen molar-refractivity contribution < 1.29 is 27.4 Å². The lowest BCUT2D eigenvalue weighted by Crippen LogP contribution is -2.36. The first kappa shape index (κ1) is 24.0. The molecule has 0 aliphatic carbocycles. The highest BCUT2D eigenvalue weighted by Gasteiger charge is 2.47. The van der Waals surface area contributed by atoms with Gasteiger partial charge in [0.05, 0.1) is 26.5 Å². The van der Waals surface area contributed by atoms with Crippen LogP contribution in [0.1, 0.15) is 34.4 Å². The summed E-state index contributed by atoms with van der Waals surface area (Å²) in [6.07, 6.45) is -3.83. The van der Waals surface area contributed by atoms with Crippen molar-refractivity contribution in [3.63, 3.8) is 0 Å². The van der Waals surface area contributed by atoms with Crippen LogP contribution >= 0.6 is 23.2 Å². The first-order valence-corrected chi connectivity index (χ1v) is 10.8. The molecule has 1 aliphatic rings. The summed E-state index contributed by atoms with van der Waals surface area (Å²) in [7, 11) is 2.90. The largest absolute Gasteiger partial charge is 0.493 e. The molecule has 1 aliphatic heterocycles. The van der Waals surface area contributed by atoms with Crippen LogP contribution in [0.15, 0.2) is 42.6 Å². The maximum atomic E-state index is 14.0. The number of hydrogen-bond donors (Lipinski definition) is 2. The van der Waals surface area contributed by atoms with Gasteiger partial charge in [0.25, 0.3) is 5.91 Å². The van der Waals surface area contributed by atoms with E-state index in [4.69, 9.17) is 32.7 Å². The molecule has 7 nitrogen and oxygen atoms in total. The van der Waals surface area contributed by atoms with Crippen LogP contribution in [-0.2, 0) is 0 Å². The number of rotatable bonds is 5. The van der Waals surface area contributed by atoms with Crippen molar-refractivity contribution in [2.24, 2.45) is 0 Å². The Morgan fingerprint density at radius 3 is 2.41 bits per heavy atom. The minimum atomic E-state index is -4.59. The molecule has 1 amide bonds. The Bertz CT molecular complexity index is 1210. The van der Waals surface area contributed by atoms with E-state index in [1.165, 1.54) is 32.4 Å². The summed E-state index contributed by atoms with van der Waals surface area (Å²) in [6, 6.07) is 6.58. The summed E-state index contributed by atoms with van der Waals surface area (Å²) >= 11 is 11.9. The van der Waals surface area contributed by atoms with Gasteiger partial charge in [-0.05, 0) is 35.9 Å². The Morgan fingerprint density at radius 2 is 1.79 bits per heavy atom. The van der Waals surface area contributed by atoms with Crippen LogP contribution in [-0.4, -0.2) is 36.1 Å². The molecule has 0 radical (unpaired) electrons. The van der Waals surface area contributed by atoms with Crippen molar-refractivity contribution >= 4 is 40.6 Å². The molecule has 0 bridgehead atoms. The summed E-state index contributed by atoms with van der Waals surface area (Å²) in [6.45, 7) is 0. The van der Waals surface area contributed by atoms with Gasteiger partial charge in [-0.25, -0.2) is 4.68 Å². The molecule has 2 heterocycles. The van der Waals surface area contributed by atoms with Crippen molar-refractivity contribution in [2.75, 3.05) is 24.9 Å². The van der Waals surface area contributed by atoms with E-state index in [1.54, 1.807) is 18.2 Å². The Labute approximate surface area is 202 Å². The van der Waals surface area contributed by atoms with Gasteiger partial charge >= 0.3 is 6.18 Å². The second-order valence-corrected chi connectivity index (χ2v) is 8.44. The van der Waals surface area contributed by atoms with Gasteiger partial charge in [-0.3, -0.25) is 4.79 Å². The standard InChI is InChI=1S/C22H19Cl2F3N4O3/c1-33-17-4-3-11(5-18(17)34-2)16-9-19(22(25,26)27)31-20(30-16)15(10-28-31)21(32)29-14-7-12(23)6-13(24)8-14/h3-8,10,16,19,30H,9H2,1-2H3,(H,29,32)/t16-,19+/m0/s1. The van der Waals surface area contributed by atoms with Crippen LogP contribution in [0.25, 0.3) is 0 Å². The fourth-order valence-electron chi connectivity index (χ4n) is 3.84. The number of halogens is 5. The van der Waals surface area contributed by atoms with Crippen molar-refractivity contribution in [3.05, 3.63) is 63.8 Å². The van der Waals surface area contributed by atoms with Crippen molar-refractivity contribution in [2.45, 2.75) is 24.7 Å². The predicted molar refractivity (Wildman–Crippen MR) is 122 cm³/mol. The minimum Gasteiger partial charge on any atom is -0.493 e. The number of hydrogen-bond acceptors (Lipinski definition) is 5. The Morgan fingerprint density at radius 1 is 1.12 bits per heavy atom. The quantitative estimate of drug-likeness (QED) is 0.428. The maximum Gasteiger partial charge on any atom is 0.410 e. The zero-order valence-electron chi connectivity index (χ0n) is 17.9. The lowest BCUT2D eigenvalue weighted by Gasteiger charge is -2.34. The van der Waals surface area contributed by atoms with E-state index in [0.29, 0.717) is 32.8 Å². The average molecular weight is 515 g/mol. The number of carbonyl (C=O) groups excluding carboxylic acids is 1. The van der Waals surface area contributed by atoms with E-state index in [-0.39, 0.29) is 17.8 Å². The number of carbonyl (C=O) groups is 1. The number of ether oxygens (including phenoxy) is 2. The number of aromatic nitrogens is 2. The number of nitrogens with zero attached hydrogens (tertiary/aromatic N) is 2. The van der Waals surface area contributed by atoms with Crippen LogP contribution in [0.5, 0.6) is 11.5 Å². The molecular weight excluding hydrogens is 496 g/mol. The molecule has 34 heavy (non-hydrogen) atoms. The molecule has 4 rings (SSSR count). The third-order valence-electron chi connectivity index (χ3n) is 5.41. The SMILES string of the molecule is COc1ccc([C@@H]2C[C@H](C(F)(F)F)n3ncc(C(=O)Nc4cc(Cl)cc(Cl)c4)c3N2)cc1OC. The van der Waals surface area contributed by atoms with Crippen molar-refractivity contribution in [1.82, 2.24) is 9.78 Å². The molecule has 0 spiro atoms. The van der Waals surface area contributed by atoms with Crippen molar-refractivity contribution in [1.29, 1.82) is 0 Å². The monoisotopic (exact) mass is 514 g/mol. The summed E-state index contributed by atoms with van der Waals surface area (Å²) in [5.74, 6) is 0.0971. The third kappa shape index (κ3) is 4.74. The number of benzene rings is 2. The van der Waals surface area contributed by atoms with Crippen LogP contribution in [0.3, 0.4) is 0 Å². The van der Waals surface area contributed by atoms with Crippen LogP contribution < -0.4 is 20.1 Å². The first-order chi connectivity index (χ1) is 16.1. The number of alkyl halides is 3. The van der Waals surface area contributed by atoms with Crippen LogP contribution in [0.2, 0.25) is 10.0 Å². The number of nitrogens with one attached hydrogen (secondary N) is 2. The molecule has 0 unspecified atom stereocenters. The molecule has 12 heteroatoms. The summed E-state index contributed by atoms with van der Waals surface area (Å²) in [4.78, 5) is 12.9. The maximum absolute atomic E-state index is 14.0. The Balaban J connectivity index is 1.70. The van der Waals surface area contributed by atoms with Gasteiger partial charge in [-0.15, -0.1) is 0 Å². The summed E-state index contributed by atoms with van der Waals surface area (Å²) in [5, 5.41) is 10.1. The zero-order valence-corrected chi connectivity index (χ0v) is 19.4.